The van der Waals surface area contributed by atoms with Crippen LogP contribution in [0.5, 0.6) is 0 Å². The third-order valence-corrected chi connectivity index (χ3v) is 7.79. The Kier molecular flexibility index (Phi) is 5.83. The molecule has 2 aromatic heterocycles. The molecule has 0 fully saturated rings. The summed E-state index contributed by atoms with van der Waals surface area (Å²) < 4.78 is 40.6. The highest BCUT2D eigenvalue weighted by atomic mass is 35.5. The Morgan fingerprint density at radius 3 is 2.48 bits per heavy atom. The fraction of sp³-hybridized carbons (Fsp3) is 0.227. The minimum absolute atomic E-state index is 0.0937. The van der Waals surface area contributed by atoms with E-state index in [-0.39, 0.29) is 10.8 Å². The number of methoxy groups -OCH3 is 1. The van der Waals surface area contributed by atoms with Crippen LogP contribution in [0.3, 0.4) is 0 Å². The number of carbonyl (C=O) groups excluding carboxylic acids is 1. The predicted octanol–water partition coefficient (Wildman–Crippen LogP) is 5.44. The highest BCUT2D eigenvalue weighted by Gasteiger charge is 2.29. The number of benzene rings is 2. The monoisotopic (exact) mass is 477 g/mol. The molecule has 31 heavy (non-hydrogen) atoms. The van der Waals surface area contributed by atoms with Gasteiger partial charge in [0, 0.05) is 25.7 Å². The van der Waals surface area contributed by atoms with Crippen LogP contribution in [-0.2, 0) is 19.6 Å². The van der Waals surface area contributed by atoms with Gasteiger partial charge in [-0.25, -0.2) is 8.42 Å². The van der Waals surface area contributed by atoms with Crippen molar-refractivity contribution in [2.75, 3.05) is 7.11 Å². The standard InChI is InChI=1S/C22H20ClNO5S2/c1-12(2)21(22(25)28-3)24-31(26,27)14-5-8-18-16(11-14)15-6-4-13(10-19(15)30-18)17-7-9-20(23)29-17/h4-12,21,24H,1-3H3. The average molecular weight is 478 g/mol. The topological polar surface area (TPSA) is 85.6 Å². The van der Waals surface area contributed by atoms with Gasteiger partial charge in [0.2, 0.25) is 10.0 Å². The zero-order chi connectivity index (χ0) is 22.3. The molecule has 2 aromatic carbocycles. The van der Waals surface area contributed by atoms with Crippen molar-refractivity contribution in [3.63, 3.8) is 0 Å². The van der Waals surface area contributed by atoms with Crippen LogP contribution in [0, 0.1) is 5.92 Å². The highest BCUT2D eigenvalue weighted by Crippen LogP contribution is 2.38. The Hall–Kier alpha value is -2.39. The number of sulfonamides is 1. The molecule has 0 radical (unpaired) electrons. The maximum atomic E-state index is 13.0. The number of hydrogen-bond acceptors (Lipinski definition) is 6. The number of rotatable bonds is 6. The molecule has 0 bridgehead atoms. The van der Waals surface area contributed by atoms with Crippen LogP contribution in [0.15, 0.2) is 57.8 Å². The number of ether oxygens (including phenoxy) is 1. The lowest BCUT2D eigenvalue weighted by molar-refractivity contribution is -0.143. The summed E-state index contributed by atoms with van der Waals surface area (Å²) in [5, 5.41) is 2.08. The van der Waals surface area contributed by atoms with E-state index in [1.165, 1.54) is 7.11 Å². The first-order valence-corrected chi connectivity index (χ1v) is 12.2. The quantitative estimate of drug-likeness (QED) is 0.373. The second kappa shape index (κ2) is 8.27. The Balaban J connectivity index is 1.74. The van der Waals surface area contributed by atoms with Gasteiger partial charge in [-0.15, -0.1) is 11.3 Å². The Labute approximate surface area is 188 Å². The van der Waals surface area contributed by atoms with E-state index >= 15 is 0 Å². The molecule has 4 aromatic rings. The summed E-state index contributed by atoms with van der Waals surface area (Å²) in [7, 11) is -2.69. The van der Waals surface area contributed by atoms with Crippen LogP contribution in [-0.4, -0.2) is 27.5 Å². The van der Waals surface area contributed by atoms with Gasteiger partial charge in [-0.05, 0) is 53.9 Å². The van der Waals surface area contributed by atoms with Crippen molar-refractivity contribution in [2.45, 2.75) is 24.8 Å². The third-order valence-electron chi connectivity index (χ3n) is 5.01. The number of carbonyl (C=O) groups is 1. The van der Waals surface area contributed by atoms with Crippen molar-refractivity contribution >= 4 is 59.1 Å². The lowest BCUT2D eigenvalue weighted by Crippen LogP contribution is -2.44. The van der Waals surface area contributed by atoms with Gasteiger partial charge in [0.15, 0.2) is 5.22 Å². The van der Waals surface area contributed by atoms with Crippen molar-refractivity contribution in [1.29, 1.82) is 0 Å². The highest BCUT2D eigenvalue weighted by molar-refractivity contribution is 7.89. The number of hydrogen-bond donors (Lipinski definition) is 1. The van der Waals surface area contributed by atoms with Gasteiger partial charge in [-0.3, -0.25) is 4.79 Å². The van der Waals surface area contributed by atoms with E-state index in [4.69, 9.17) is 20.8 Å². The summed E-state index contributed by atoms with van der Waals surface area (Å²) in [6, 6.07) is 13.3. The summed E-state index contributed by atoms with van der Waals surface area (Å²) in [6.45, 7) is 3.51. The van der Waals surface area contributed by atoms with Crippen molar-refractivity contribution in [2.24, 2.45) is 5.92 Å². The van der Waals surface area contributed by atoms with Crippen LogP contribution in [0.4, 0.5) is 0 Å². The van der Waals surface area contributed by atoms with Gasteiger partial charge in [0.25, 0.3) is 0 Å². The van der Waals surface area contributed by atoms with Gasteiger partial charge in [-0.1, -0.05) is 26.0 Å². The SMILES string of the molecule is COC(=O)C(NS(=O)(=O)c1ccc2sc3cc(-c4ccc(Cl)o4)ccc3c2c1)C(C)C. The molecule has 4 rings (SSSR count). The fourth-order valence-electron chi connectivity index (χ4n) is 3.36. The number of halogens is 1. The second-order valence-corrected chi connectivity index (χ2v) is 10.6. The number of nitrogens with one attached hydrogen (secondary N) is 1. The lowest BCUT2D eigenvalue weighted by atomic mass is 10.1. The second-order valence-electron chi connectivity index (χ2n) is 7.44. The molecule has 6 nitrogen and oxygen atoms in total. The van der Waals surface area contributed by atoms with Crippen molar-refractivity contribution < 1.29 is 22.4 Å². The molecule has 0 amide bonds. The van der Waals surface area contributed by atoms with E-state index in [1.807, 2.05) is 18.2 Å². The van der Waals surface area contributed by atoms with E-state index in [1.54, 1.807) is 55.5 Å². The minimum atomic E-state index is -3.92. The molecule has 1 N–H and O–H groups in total. The third kappa shape index (κ3) is 4.21. The molecule has 0 spiro atoms. The number of furan rings is 1. The fourth-order valence-corrected chi connectivity index (χ4v) is 6.00. The van der Waals surface area contributed by atoms with E-state index in [9.17, 15) is 13.2 Å². The zero-order valence-corrected chi connectivity index (χ0v) is 19.4. The molecular formula is C22H20ClNO5S2. The summed E-state index contributed by atoms with van der Waals surface area (Å²) in [4.78, 5) is 12.1. The van der Waals surface area contributed by atoms with Crippen LogP contribution in [0.2, 0.25) is 5.22 Å². The molecular weight excluding hydrogens is 458 g/mol. The van der Waals surface area contributed by atoms with Gasteiger partial charge in [0.1, 0.15) is 11.8 Å². The molecule has 1 atom stereocenters. The molecule has 0 saturated heterocycles. The average Bonchev–Trinajstić information content (AvgIpc) is 3.33. The molecule has 9 heteroatoms. The van der Waals surface area contributed by atoms with Gasteiger partial charge < -0.3 is 9.15 Å². The Morgan fingerprint density at radius 2 is 1.84 bits per heavy atom. The maximum absolute atomic E-state index is 13.0. The normalized spacial score (nSPS) is 13.2. The first-order valence-electron chi connectivity index (χ1n) is 9.52. The summed E-state index contributed by atoms with van der Waals surface area (Å²) in [5.41, 5.74) is 0.887. The molecule has 1 unspecified atom stereocenters. The maximum Gasteiger partial charge on any atom is 0.324 e. The van der Waals surface area contributed by atoms with E-state index in [0.29, 0.717) is 11.0 Å². The van der Waals surface area contributed by atoms with Crippen molar-refractivity contribution in [1.82, 2.24) is 4.72 Å². The molecule has 162 valence electrons. The summed E-state index contributed by atoms with van der Waals surface area (Å²) in [5.74, 6) is -0.216. The number of thiophene rings is 1. The largest absolute Gasteiger partial charge is 0.468 e. The first kappa shape index (κ1) is 21.8. The van der Waals surface area contributed by atoms with Crippen LogP contribution in [0.1, 0.15) is 13.8 Å². The van der Waals surface area contributed by atoms with Crippen LogP contribution in [0.25, 0.3) is 31.5 Å². The lowest BCUT2D eigenvalue weighted by Gasteiger charge is -2.19. The summed E-state index contributed by atoms with van der Waals surface area (Å²) in [6.07, 6.45) is 0. The Bertz CT molecular complexity index is 1390. The molecule has 0 aliphatic rings. The number of fused-ring (bicyclic) bond motifs is 3. The van der Waals surface area contributed by atoms with E-state index in [2.05, 4.69) is 4.72 Å². The smallest absolute Gasteiger partial charge is 0.324 e. The molecule has 0 saturated carbocycles. The first-order chi connectivity index (χ1) is 14.7. The number of esters is 1. The Morgan fingerprint density at radius 1 is 1.06 bits per heavy atom. The zero-order valence-electron chi connectivity index (χ0n) is 17.0. The van der Waals surface area contributed by atoms with E-state index in [0.717, 1.165) is 25.7 Å². The molecule has 2 heterocycles. The van der Waals surface area contributed by atoms with E-state index < -0.39 is 22.0 Å². The minimum Gasteiger partial charge on any atom is -0.468 e. The summed E-state index contributed by atoms with van der Waals surface area (Å²) >= 11 is 7.44. The van der Waals surface area contributed by atoms with Gasteiger partial charge in [-0.2, -0.15) is 4.72 Å². The van der Waals surface area contributed by atoms with Crippen LogP contribution >= 0.6 is 22.9 Å². The molecule has 0 aliphatic heterocycles. The molecule has 0 aliphatic carbocycles. The predicted molar refractivity (Wildman–Crippen MR) is 123 cm³/mol. The van der Waals surface area contributed by atoms with Crippen molar-refractivity contribution in [3.05, 3.63) is 53.8 Å². The van der Waals surface area contributed by atoms with Gasteiger partial charge in [0.05, 0.1) is 12.0 Å². The van der Waals surface area contributed by atoms with Gasteiger partial charge >= 0.3 is 5.97 Å². The van der Waals surface area contributed by atoms with Crippen LogP contribution < -0.4 is 4.72 Å². The van der Waals surface area contributed by atoms with Crippen molar-refractivity contribution in [3.8, 4) is 11.3 Å².